The van der Waals surface area contributed by atoms with Crippen LogP contribution >= 0.6 is 23.1 Å². The number of thioether (sulfide) groups is 1. The van der Waals surface area contributed by atoms with E-state index in [0.717, 1.165) is 35.4 Å². The summed E-state index contributed by atoms with van der Waals surface area (Å²) >= 11 is 2.80. The van der Waals surface area contributed by atoms with Crippen LogP contribution in [-0.2, 0) is 17.6 Å². The van der Waals surface area contributed by atoms with Gasteiger partial charge in [-0.05, 0) is 62.9 Å². The largest absolute Gasteiger partial charge is 0.494 e. The zero-order chi connectivity index (χ0) is 19.8. The zero-order valence-corrected chi connectivity index (χ0v) is 17.4. The van der Waals surface area contributed by atoms with Crippen LogP contribution in [0.1, 0.15) is 30.7 Å². The normalized spacial score (nSPS) is 14.2. The lowest BCUT2D eigenvalue weighted by Gasteiger charge is -2.15. The molecule has 146 valence electrons. The minimum absolute atomic E-state index is 0.0901. The van der Waals surface area contributed by atoms with Crippen molar-refractivity contribution in [2.45, 2.75) is 43.5 Å². The van der Waals surface area contributed by atoms with Gasteiger partial charge in [-0.25, -0.2) is 4.98 Å². The number of nitrogens with two attached hydrogens (primary N) is 1. The molecule has 2 heterocycles. The molecule has 1 aliphatic rings. The molecular formula is C20H21N3O3S2. The molecule has 0 aliphatic heterocycles. The van der Waals surface area contributed by atoms with Gasteiger partial charge < -0.3 is 10.5 Å². The fourth-order valence-corrected chi connectivity index (χ4v) is 5.59. The van der Waals surface area contributed by atoms with Crippen LogP contribution in [0.15, 0.2) is 34.2 Å². The predicted molar refractivity (Wildman–Crippen MR) is 113 cm³/mol. The number of rotatable bonds is 6. The van der Waals surface area contributed by atoms with Crippen molar-refractivity contribution in [1.82, 2.24) is 9.55 Å². The lowest BCUT2D eigenvalue weighted by Crippen LogP contribution is -2.26. The fourth-order valence-electron chi connectivity index (χ4n) is 3.41. The van der Waals surface area contributed by atoms with Gasteiger partial charge in [-0.2, -0.15) is 0 Å². The van der Waals surface area contributed by atoms with Gasteiger partial charge in [-0.1, -0.05) is 11.8 Å². The van der Waals surface area contributed by atoms with Crippen LogP contribution in [0.5, 0.6) is 5.75 Å². The van der Waals surface area contributed by atoms with Crippen molar-refractivity contribution in [3.05, 3.63) is 45.1 Å². The van der Waals surface area contributed by atoms with Crippen molar-refractivity contribution < 1.29 is 9.53 Å². The third-order valence-electron chi connectivity index (χ3n) is 4.80. The molecule has 28 heavy (non-hydrogen) atoms. The molecule has 1 atom stereocenters. The highest BCUT2D eigenvalue weighted by Crippen LogP contribution is 2.36. The predicted octanol–water partition coefficient (Wildman–Crippen LogP) is 3.30. The van der Waals surface area contributed by atoms with Crippen LogP contribution < -0.4 is 16.0 Å². The highest BCUT2D eigenvalue weighted by atomic mass is 32.2. The van der Waals surface area contributed by atoms with Gasteiger partial charge in [0.15, 0.2) is 5.16 Å². The van der Waals surface area contributed by atoms with Crippen LogP contribution in [0.3, 0.4) is 0 Å². The first-order valence-electron chi connectivity index (χ1n) is 9.26. The van der Waals surface area contributed by atoms with E-state index in [2.05, 4.69) is 0 Å². The summed E-state index contributed by atoms with van der Waals surface area (Å²) in [5, 5.41) is 0.695. The highest BCUT2D eigenvalue weighted by Gasteiger charge is 2.25. The summed E-state index contributed by atoms with van der Waals surface area (Å²) in [5.74, 6) is 0.302. The van der Waals surface area contributed by atoms with Gasteiger partial charge in [0.2, 0.25) is 5.91 Å². The molecule has 2 aromatic heterocycles. The molecule has 0 spiro atoms. The van der Waals surface area contributed by atoms with Crippen LogP contribution in [0.25, 0.3) is 15.9 Å². The Morgan fingerprint density at radius 3 is 2.79 bits per heavy atom. The van der Waals surface area contributed by atoms with Crippen molar-refractivity contribution in [3.8, 4) is 11.4 Å². The minimum atomic E-state index is -0.495. The summed E-state index contributed by atoms with van der Waals surface area (Å²) in [7, 11) is 0. The zero-order valence-electron chi connectivity index (χ0n) is 15.7. The molecule has 4 rings (SSSR count). The topological polar surface area (TPSA) is 87.2 Å². The number of carbonyl (C=O) groups is 1. The number of ether oxygens (including phenoxy) is 1. The quantitative estimate of drug-likeness (QED) is 0.493. The molecule has 0 saturated heterocycles. The van der Waals surface area contributed by atoms with Crippen molar-refractivity contribution in [2.24, 2.45) is 5.73 Å². The second-order valence-corrected chi connectivity index (χ2v) is 9.05. The number of aromatic nitrogens is 2. The van der Waals surface area contributed by atoms with Crippen LogP contribution in [0, 0.1) is 0 Å². The van der Waals surface area contributed by atoms with Gasteiger partial charge in [0.05, 0.1) is 22.9 Å². The number of hydrogen-bond acceptors (Lipinski definition) is 6. The third kappa shape index (κ3) is 3.31. The van der Waals surface area contributed by atoms with E-state index in [0.29, 0.717) is 22.8 Å². The van der Waals surface area contributed by atoms with Gasteiger partial charge in [-0.3, -0.25) is 14.2 Å². The molecule has 1 aromatic carbocycles. The third-order valence-corrected chi connectivity index (χ3v) is 7.05. The van der Waals surface area contributed by atoms with E-state index in [1.165, 1.54) is 16.6 Å². The number of carbonyl (C=O) groups excluding carboxylic acids is 1. The maximum atomic E-state index is 13.5. The first-order chi connectivity index (χ1) is 13.5. The van der Waals surface area contributed by atoms with Gasteiger partial charge in [0, 0.05) is 4.88 Å². The van der Waals surface area contributed by atoms with Gasteiger partial charge in [0.25, 0.3) is 5.56 Å². The fraction of sp³-hybridized carbons (Fsp3) is 0.350. The van der Waals surface area contributed by atoms with E-state index in [1.807, 2.05) is 31.2 Å². The average molecular weight is 416 g/mol. The molecule has 6 nitrogen and oxygen atoms in total. The molecule has 0 fully saturated rings. The van der Waals surface area contributed by atoms with Gasteiger partial charge in [-0.15, -0.1) is 11.3 Å². The Hall–Kier alpha value is -2.32. The Kier molecular flexibility index (Phi) is 5.16. The summed E-state index contributed by atoms with van der Waals surface area (Å²) in [6, 6.07) is 7.34. The molecule has 8 heteroatoms. The van der Waals surface area contributed by atoms with E-state index in [-0.39, 0.29) is 5.56 Å². The van der Waals surface area contributed by atoms with Crippen LogP contribution in [0.2, 0.25) is 0 Å². The Balaban J connectivity index is 1.91. The van der Waals surface area contributed by atoms with Gasteiger partial charge >= 0.3 is 0 Å². The SMILES string of the molecule is CCOc1ccc(-n2c(SC(C)C(N)=O)nc3sc4c(c3c2=O)CCC4)cc1. The van der Waals surface area contributed by atoms with E-state index < -0.39 is 11.2 Å². The van der Waals surface area contributed by atoms with Crippen molar-refractivity contribution in [3.63, 3.8) is 0 Å². The lowest BCUT2D eigenvalue weighted by molar-refractivity contribution is -0.117. The molecule has 2 N–H and O–H groups in total. The number of nitrogens with zero attached hydrogens (tertiary/aromatic N) is 2. The molecular weight excluding hydrogens is 394 g/mol. The van der Waals surface area contributed by atoms with Gasteiger partial charge in [0.1, 0.15) is 10.6 Å². The molecule has 1 unspecified atom stereocenters. The second-order valence-electron chi connectivity index (χ2n) is 6.66. The summed E-state index contributed by atoms with van der Waals surface area (Å²) in [4.78, 5) is 31.9. The molecule has 0 bridgehead atoms. The van der Waals surface area contributed by atoms with Crippen LogP contribution in [0.4, 0.5) is 0 Å². The number of fused-ring (bicyclic) bond motifs is 3. The molecule has 1 aliphatic carbocycles. The first kappa shape index (κ1) is 19.0. The number of amides is 1. The lowest BCUT2D eigenvalue weighted by atomic mass is 10.2. The van der Waals surface area contributed by atoms with E-state index in [1.54, 1.807) is 22.8 Å². The molecule has 0 saturated carbocycles. The summed E-state index contributed by atoms with van der Waals surface area (Å²) in [5.41, 5.74) is 7.19. The van der Waals surface area contributed by atoms with Crippen molar-refractivity contribution in [1.29, 1.82) is 0 Å². The monoisotopic (exact) mass is 415 g/mol. The van der Waals surface area contributed by atoms with Crippen LogP contribution in [-0.4, -0.2) is 27.3 Å². The summed E-state index contributed by atoms with van der Waals surface area (Å²) in [6.07, 6.45) is 2.99. The molecule has 0 radical (unpaired) electrons. The van der Waals surface area contributed by atoms with Crippen molar-refractivity contribution >= 4 is 39.2 Å². The number of thiophene rings is 1. The Bertz CT molecular complexity index is 1100. The number of aryl methyl sites for hydroxylation is 2. The second kappa shape index (κ2) is 7.60. The standard InChI is InChI=1S/C20H21N3O3S2/c1-3-26-13-9-7-12(8-10-13)23-19(25)16-14-5-4-6-15(14)28-18(16)22-20(23)27-11(2)17(21)24/h7-11H,3-6H2,1-2H3,(H2,21,24). The Labute approximate surface area is 170 Å². The summed E-state index contributed by atoms with van der Waals surface area (Å²) < 4.78 is 7.09. The maximum absolute atomic E-state index is 13.5. The Morgan fingerprint density at radius 1 is 1.36 bits per heavy atom. The molecule has 1 amide bonds. The molecule has 3 aromatic rings. The minimum Gasteiger partial charge on any atom is -0.494 e. The number of primary amides is 1. The van der Waals surface area contributed by atoms with E-state index >= 15 is 0 Å². The smallest absolute Gasteiger partial charge is 0.267 e. The van der Waals surface area contributed by atoms with E-state index in [4.69, 9.17) is 15.5 Å². The first-order valence-corrected chi connectivity index (χ1v) is 11.0. The number of hydrogen-bond donors (Lipinski definition) is 1. The van der Waals surface area contributed by atoms with E-state index in [9.17, 15) is 9.59 Å². The summed E-state index contributed by atoms with van der Waals surface area (Å²) in [6.45, 7) is 4.22. The average Bonchev–Trinajstić information content (AvgIpc) is 3.23. The highest BCUT2D eigenvalue weighted by molar-refractivity contribution is 8.00. The Morgan fingerprint density at radius 2 is 2.11 bits per heavy atom. The van der Waals surface area contributed by atoms with Crippen molar-refractivity contribution in [2.75, 3.05) is 6.61 Å². The number of benzene rings is 1. The maximum Gasteiger partial charge on any atom is 0.267 e.